The van der Waals surface area contributed by atoms with E-state index in [0.29, 0.717) is 22.9 Å². The molecule has 0 radical (unpaired) electrons. The number of aryl methyl sites for hydroxylation is 1. The summed E-state index contributed by atoms with van der Waals surface area (Å²) >= 11 is 6.59. The van der Waals surface area contributed by atoms with Gasteiger partial charge in [-0.25, -0.2) is 0 Å². The number of nitrogens with zero attached hydrogens (tertiary/aromatic N) is 1. The van der Waals surface area contributed by atoms with Gasteiger partial charge in [0.25, 0.3) is 5.56 Å². The van der Waals surface area contributed by atoms with E-state index in [9.17, 15) is 4.79 Å². The molecule has 0 atom stereocenters. The van der Waals surface area contributed by atoms with E-state index in [1.165, 1.54) is 0 Å². The second kappa shape index (κ2) is 6.57. The maximum absolute atomic E-state index is 13.0. The summed E-state index contributed by atoms with van der Waals surface area (Å²) in [6.45, 7) is 2.48. The standard InChI is InChI=1S/C19H18ClNO3/c1-4-21-16-11-14(24-3)9-10-15(16)18(20)17(19(21)22)12-5-7-13(23-2)8-6-12/h5-11H,4H2,1-3H3. The van der Waals surface area contributed by atoms with Crippen molar-refractivity contribution < 1.29 is 9.47 Å². The van der Waals surface area contributed by atoms with Gasteiger partial charge in [-0.2, -0.15) is 0 Å². The highest BCUT2D eigenvalue weighted by Gasteiger charge is 2.17. The average molecular weight is 344 g/mol. The highest BCUT2D eigenvalue weighted by atomic mass is 35.5. The third-order valence-electron chi connectivity index (χ3n) is 4.11. The van der Waals surface area contributed by atoms with Gasteiger partial charge in [0.2, 0.25) is 0 Å². The number of ether oxygens (including phenoxy) is 2. The molecular weight excluding hydrogens is 326 g/mol. The van der Waals surface area contributed by atoms with Crippen molar-refractivity contribution in [3.8, 4) is 22.6 Å². The highest BCUT2D eigenvalue weighted by Crippen LogP contribution is 2.33. The largest absolute Gasteiger partial charge is 0.497 e. The normalized spacial score (nSPS) is 10.8. The number of halogens is 1. The minimum absolute atomic E-state index is 0.117. The molecule has 0 saturated heterocycles. The Labute approximate surface area is 145 Å². The number of fused-ring (bicyclic) bond motifs is 1. The Balaban J connectivity index is 2.34. The Morgan fingerprint density at radius 2 is 1.62 bits per heavy atom. The number of rotatable bonds is 4. The molecule has 0 aliphatic rings. The summed E-state index contributed by atoms with van der Waals surface area (Å²) in [5.74, 6) is 1.42. The molecule has 5 heteroatoms. The lowest BCUT2D eigenvalue weighted by molar-refractivity contribution is 0.415. The van der Waals surface area contributed by atoms with Crippen LogP contribution in [0, 0.1) is 0 Å². The molecule has 0 N–H and O–H groups in total. The van der Waals surface area contributed by atoms with Gasteiger partial charge in [0.1, 0.15) is 11.5 Å². The lowest BCUT2D eigenvalue weighted by Crippen LogP contribution is -2.22. The van der Waals surface area contributed by atoms with E-state index in [-0.39, 0.29) is 5.56 Å². The number of methoxy groups -OCH3 is 2. The summed E-state index contributed by atoms with van der Waals surface area (Å²) in [6.07, 6.45) is 0. The van der Waals surface area contributed by atoms with Gasteiger partial charge >= 0.3 is 0 Å². The topological polar surface area (TPSA) is 40.5 Å². The quantitative estimate of drug-likeness (QED) is 0.706. The van der Waals surface area contributed by atoms with Crippen LogP contribution >= 0.6 is 11.6 Å². The molecule has 0 aliphatic heterocycles. The van der Waals surface area contributed by atoms with Crippen LogP contribution in [0.3, 0.4) is 0 Å². The Morgan fingerprint density at radius 3 is 2.21 bits per heavy atom. The first kappa shape index (κ1) is 16.4. The van der Waals surface area contributed by atoms with Crippen LogP contribution in [0.5, 0.6) is 11.5 Å². The molecule has 0 aliphatic carbocycles. The predicted molar refractivity (Wildman–Crippen MR) is 97.4 cm³/mol. The molecule has 0 unspecified atom stereocenters. The molecule has 2 aromatic carbocycles. The molecular formula is C19H18ClNO3. The molecule has 3 rings (SSSR count). The summed E-state index contributed by atoms with van der Waals surface area (Å²) in [7, 11) is 3.21. The van der Waals surface area contributed by atoms with Gasteiger partial charge in [-0.05, 0) is 36.8 Å². The Kier molecular flexibility index (Phi) is 4.49. The first-order valence-electron chi connectivity index (χ1n) is 7.65. The molecule has 0 amide bonds. The number of benzene rings is 2. The third-order valence-corrected chi connectivity index (χ3v) is 4.50. The van der Waals surface area contributed by atoms with Gasteiger partial charge in [0, 0.05) is 18.0 Å². The first-order valence-corrected chi connectivity index (χ1v) is 8.03. The highest BCUT2D eigenvalue weighted by molar-refractivity contribution is 6.38. The van der Waals surface area contributed by atoms with Crippen LogP contribution in [0.25, 0.3) is 22.0 Å². The van der Waals surface area contributed by atoms with Gasteiger partial charge in [-0.15, -0.1) is 0 Å². The second-order valence-electron chi connectivity index (χ2n) is 5.35. The van der Waals surface area contributed by atoms with Crippen molar-refractivity contribution in [3.05, 3.63) is 57.8 Å². The lowest BCUT2D eigenvalue weighted by atomic mass is 10.0. The predicted octanol–water partition coefficient (Wildman–Crippen LogP) is 4.36. The van der Waals surface area contributed by atoms with E-state index in [0.717, 1.165) is 22.2 Å². The summed E-state index contributed by atoms with van der Waals surface area (Å²) in [5.41, 5.74) is 1.92. The van der Waals surface area contributed by atoms with E-state index in [1.54, 1.807) is 18.8 Å². The molecule has 0 spiro atoms. The summed E-state index contributed by atoms with van der Waals surface area (Å²) in [4.78, 5) is 13.0. The number of hydrogen-bond donors (Lipinski definition) is 0. The second-order valence-corrected chi connectivity index (χ2v) is 5.73. The fraction of sp³-hybridized carbons (Fsp3) is 0.211. The fourth-order valence-electron chi connectivity index (χ4n) is 2.84. The number of pyridine rings is 1. The lowest BCUT2D eigenvalue weighted by Gasteiger charge is -2.15. The SMILES string of the molecule is CCn1c(=O)c(-c2ccc(OC)cc2)c(Cl)c2ccc(OC)cc21. The molecule has 4 nitrogen and oxygen atoms in total. The first-order chi connectivity index (χ1) is 11.6. The zero-order valence-corrected chi connectivity index (χ0v) is 14.6. The van der Waals surface area contributed by atoms with Crippen LogP contribution in [0.4, 0.5) is 0 Å². The van der Waals surface area contributed by atoms with Crippen LogP contribution in [-0.2, 0) is 6.54 Å². The summed E-state index contributed by atoms with van der Waals surface area (Å²) < 4.78 is 12.2. The number of aromatic nitrogens is 1. The Hall–Kier alpha value is -2.46. The van der Waals surface area contributed by atoms with Crippen molar-refractivity contribution >= 4 is 22.5 Å². The van der Waals surface area contributed by atoms with E-state index < -0.39 is 0 Å². The maximum atomic E-state index is 13.0. The molecule has 124 valence electrons. The number of hydrogen-bond acceptors (Lipinski definition) is 3. The van der Waals surface area contributed by atoms with Crippen molar-refractivity contribution in [3.63, 3.8) is 0 Å². The van der Waals surface area contributed by atoms with Crippen molar-refractivity contribution in [2.45, 2.75) is 13.5 Å². The van der Waals surface area contributed by atoms with Crippen molar-refractivity contribution in [2.75, 3.05) is 14.2 Å². The van der Waals surface area contributed by atoms with E-state index >= 15 is 0 Å². The van der Waals surface area contributed by atoms with Crippen molar-refractivity contribution in [2.24, 2.45) is 0 Å². The minimum Gasteiger partial charge on any atom is -0.497 e. The van der Waals surface area contributed by atoms with Crippen LogP contribution in [0.15, 0.2) is 47.3 Å². The van der Waals surface area contributed by atoms with Crippen molar-refractivity contribution in [1.82, 2.24) is 4.57 Å². The molecule has 24 heavy (non-hydrogen) atoms. The zero-order chi connectivity index (χ0) is 17.3. The Morgan fingerprint density at radius 1 is 1.00 bits per heavy atom. The van der Waals surface area contributed by atoms with Gasteiger partial charge < -0.3 is 14.0 Å². The molecule has 3 aromatic rings. The monoisotopic (exact) mass is 343 g/mol. The van der Waals surface area contributed by atoms with Crippen LogP contribution in [-0.4, -0.2) is 18.8 Å². The molecule has 0 saturated carbocycles. The van der Waals surface area contributed by atoms with E-state index in [4.69, 9.17) is 21.1 Å². The Bertz CT molecular complexity index is 945. The average Bonchev–Trinajstić information content (AvgIpc) is 2.62. The van der Waals surface area contributed by atoms with E-state index in [1.807, 2.05) is 49.4 Å². The zero-order valence-electron chi connectivity index (χ0n) is 13.8. The smallest absolute Gasteiger partial charge is 0.260 e. The summed E-state index contributed by atoms with van der Waals surface area (Å²) in [5, 5.41) is 1.28. The van der Waals surface area contributed by atoms with Crippen LogP contribution in [0.1, 0.15) is 6.92 Å². The third kappa shape index (κ3) is 2.63. The van der Waals surface area contributed by atoms with Gasteiger partial charge in [-0.1, -0.05) is 23.7 Å². The summed E-state index contributed by atoms with van der Waals surface area (Å²) in [6, 6.07) is 12.9. The van der Waals surface area contributed by atoms with Crippen LogP contribution < -0.4 is 15.0 Å². The van der Waals surface area contributed by atoms with E-state index in [2.05, 4.69) is 0 Å². The molecule has 0 fully saturated rings. The van der Waals surface area contributed by atoms with Gasteiger partial charge in [0.15, 0.2) is 0 Å². The molecule has 0 bridgehead atoms. The maximum Gasteiger partial charge on any atom is 0.260 e. The molecule has 1 aromatic heterocycles. The minimum atomic E-state index is -0.117. The van der Waals surface area contributed by atoms with Gasteiger partial charge in [-0.3, -0.25) is 4.79 Å². The molecule has 1 heterocycles. The van der Waals surface area contributed by atoms with Crippen molar-refractivity contribution in [1.29, 1.82) is 0 Å². The van der Waals surface area contributed by atoms with Crippen LogP contribution in [0.2, 0.25) is 5.02 Å². The fourth-order valence-corrected chi connectivity index (χ4v) is 3.19. The van der Waals surface area contributed by atoms with Gasteiger partial charge in [0.05, 0.1) is 30.3 Å².